The highest BCUT2D eigenvalue weighted by Crippen LogP contribution is 2.08. The standard InChI is InChI=1S/C22H30N4O.HI/c1-17-7-5-8-18(15-17)11-13-24-22(23-2)25-14-12-19-9-6-10-20(16-19)21(27)26(3)4;/h5-10,15-16H,11-14H2,1-4H3,(H2,23,24,25);1H. The van der Waals surface area contributed by atoms with Gasteiger partial charge in [0.25, 0.3) is 5.91 Å². The molecule has 0 aliphatic heterocycles. The highest BCUT2D eigenvalue weighted by Gasteiger charge is 2.08. The van der Waals surface area contributed by atoms with Crippen LogP contribution >= 0.6 is 24.0 Å². The third kappa shape index (κ3) is 7.88. The minimum absolute atomic E-state index is 0. The van der Waals surface area contributed by atoms with Gasteiger partial charge in [-0.15, -0.1) is 24.0 Å². The molecule has 2 N–H and O–H groups in total. The fraction of sp³-hybridized carbons (Fsp3) is 0.364. The zero-order chi connectivity index (χ0) is 19.6. The molecule has 0 aliphatic carbocycles. The molecule has 0 bridgehead atoms. The maximum atomic E-state index is 12.1. The van der Waals surface area contributed by atoms with Crippen LogP contribution in [0.4, 0.5) is 0 Å². The molecule has 0 aromatic heterocycles. The van der Waals surface area contributed by atoms with Crippen LogP contribution in [-0.2, 0) is 12.8 Å². The van der Waals surface area contributed by atoms with E-state index in [2.05, 4.69) is 46.8 Å². The van der Waals surface area contributed by atoms with Crippen LogP contribution in [0.3, 0.4) is 0 Å². The quantitative estimate of drug-likeness (QED) is 0.353. The third-order valence-electron chi connectivity index (χ3n) is 4.30. The summed E-state index contributed by atoms with van der Waals surface area (Å²) in [4.78, 5) is 17.9. The number of carbonyl (C=O) groups is 1. The summed E-state index contributed by atoms with van der Waals surface area (Å²) in [6, 6.07) is 16.3. The number of guanidine groups is 1. The Balaban J connectivity index is 0.00000392. The minimum atomic E-state index is 0. The van der Waals surface area contributed by atoms with E-state index in [4.69, 9.17) is 0 Å². The molecule has 1 amide bonds. The summed E-state index contributed by atoms with van der Waals surface area (Å²) in [7, 11) is 5.31. The van der Waals surface area contributed by atoms with E-state index in [-0.39, 0.29) is 29.9 Å². The lowest BCUT2D eigenvalue weighted by Crippen LogP contribution is -2.39. The number of nitrogens with one attached hydrogen (secondary N) is 2. The summed E-state index contributed by atoms with van der Waals surface area (Å²) in [6.07, 6.45) is 1.78. The maximum Gasteiger partial charge on any atom is 0.253 e. The number of hydrogen-bond acceptors (Lipinski definition) is 2. The van der Waals surface area contributed by atoms with Gasteiger partial charge in [-0.05, 0) is 43.0 Å². The van der Waals surface area contributed by atoms with Gasteiger partial charge in [-0.1, -0.05) is 42.0 Å². The molecule has 2 aromatic carbocycles. The number of rotatable bonds is 7. The number of amides is 1. The van der Waals surface area contributed by atoms with Crippen molar-refractivity contribution in [2.45, 2.75) is 19.8 Å². The zero-order valence-corrected chi connectivity index (χ0v) is 19.5. The molecule has 152 valence electrons. The maximum absolute atomic E-state index is 12.1. The minimum Gasteiger partial charge on any atom is -0.356 e. The summed E-state index contributed by atoms with van der Waals surface area (Å²) < 4.78 is 0. The van der Waals surface area contributed by atoms with Crippen LogP contribution in [0.15, 0.2) is 53.5 Å². The normalized spacial score (nSPS) is 10.8. The summed E-state index contributed by atoms with van der Waals surface area (Å²) in [6.45, 7) is 3.69. The van der Waals surface area contributed by atoms with Crippen LogP contribution < -0.4 is 10.6 Å². The number of hydrogen-bond donors (Lipinski definition) is 2. The highest BCUT2D eigenvalue weighted by atomic mass is 127. The van der Waals surface area contributed by atoms with Crippen LogP contribution in [0.5, 0.6) is 0 Å². The van der Waals surface area contributed by atoms with Gasteiger partial charge in [0, 0.05) is 39.8 Å². The van der Waals surface area contributed by atoms with Crippen molar-refractivity contribution < 1.29 is 4.79 Å². The molecule has 6 heteroatoms. The Bertz CT molecular complexity index is 790. The Morgan fingerprint density at radius 1 is 0.964 bits per heavy atom. The Kier molecular flexibility index (Phi) is 10.6. The number of benzene rings is 2. The summed E-state index contributed by atoms with van der Waals surface area (Å²) in [5, 5.41) is 6.68. The van der Waals surface area contributed by atoms with Crippen molar-refractivity contribution in [3.63, 3.8) is 0 Å². The summed E-state index contributed by atoms with van der Waals surface area (Å²) in [5.41, 5.74) is 4.45. The predicted molar refractivity (Wildman–Crippen MR) is 128 cm³/mol. The largest absolute Gasteiger partial charge is 0.356 e. The third-order valence-corrected chi connectivity index (χ3v) is 4.30. The zero-order valence-electron chi connectivity index (χ0n) is 17.2. The lowest BCUT2D eigenvalue weighted by Gasteiger charge is -2.13. The first-order chi connectivity index (χ1) is 13.0. The monoisotopic (exact) mass is 494 g/mol. The molecule has 5 nitrogen and oxygen atoms in total. The fourth-order valence-electron chi connectivity index (χ4n) is 2.86. The van der Waals surface area contributed by atoms with Gasteiger partial charge in [0.1, 0.15) is 0 Å². The number of aliphatic imine (C=N–C) groups is 1. The van der Waals surface area contributed by atoms with Gasteiger partial charge in [-0.25, -0.2) is 0 Å². The highest BCUT2D eigenvalue weighted by molar-refractivity contribution is 14.0. The molecule has 2 aromatic rings. The average Bonchev–Trinajstić information content (AvgIpc) is 2.66. The SMILES string of the molecule is CN=C(NCCc1cccc(C)c1)NCCc1cccc(C(=O)N(C)C)c1.I. The lowest BCUT2D eigenvalue weighted by molar-refractivity contribution is 0.0827. The molecule has 0 spiro atoms. The van der Waals surface area contributed by atoms with Crippen molar-refractivity contribution in [1.29, 1.82) is 0 Å². The van der Waals surface area contributed by atoms with Gasteiger partial charge in [0.05, 0.1) is 0 Å². The van der Waals surface area contributed by atoms with E-state index in [0.717, 1.165) is 43.0 Å². The first-order valence-corrected chi connectivity index (χ1v) is 9.30. The molecule has 0 heterocycles. The molecule has 0 atom stereocenters. The van der Waals surface area contributed by atoms with Crippen molar-refractivity contribution in [2.24, 2.45) is 4.99 Å². The number of nitrogens with zero attached hydrogens (tertiary/aromatic N) is 2. The van der Waals surface area contributed by atoms with Gasteiger partial charge >= 0.3 is 0 Å². The Morgan fingerprint density at radius 2 is 1.54 bits per heavy atom. The van der Waals surface area contributed by atoms with Crippen LogP contribution in [0.2, 0.25) is 0 Å². The second-order valence-electron chi connectivity index (χ2n) is 6.81. The van der Waals surface area contributed by atoms with E-state index in [1.54, 1.807) is 26.0 Å². The van der Waals surface area contributed by atoms with Crippen LogP contribution in [0, 0.1) is 6.92 Å². The Hall–Kier alpha value is -2.09. The number of halogens is 1. The lowest BCUT2D eigenvalue weighted by atomic mass is 10.1. The van der Waals surface area contributed by atoms with Gasteiger partial charge in [-0.2, -0.15) is 0 Å². The van der Waals surface area contributed by atoms with Crippen molar-refractivity contribution in [2.75, 3.05) is 34.2 Å². The Labute approximate surface area is 185 Å². The van der Waals surface area contributed by atoms with Crippen LogP contribution in [0.25, 0.3) is 0 Å². The van der Waals surface area contributed by atoms with E-state index >= 15 is 0 Å². The molecule has 0 fully saturated rings. The van der Waals surface area contributed by atoms with E-state index in [1.807, 2.05) is 24.3 Å². The second kappa shape index (κ2) is 12.4. The first kappa shape index (κ1) is 23.9. The van der Waals surface area contributed by atoms with Crippen LogP contribution in [-0.4, -0.2) is 51.0 Å². The molecule has 28 heavy (non-hydrogen) atoms. The fourth-order valence-corrected chi connectivity index (χ4v) is 2.86. The first-order valence-electron chi connectivity index (χ1n) is 9.30. The Morgan fingerprint density at radius 3 is 2.07 bits per heavy atom. The van der Waals surface area contributed by atoms with Gasteiger partial charge < -0.3 is 15.5 Å². The van der Waals surface area contributed by atoms with E-state index < -0.39 is 0 Å². The topological polar surface area (TPSA) is 56.7 Å². The predicted octanol–water partition coefficient (Wildman–Crippen LogP) is 3.27. The molecule has 0 unspecified atom stereocenters. The molecule has 2 rings (SSSR count). The van der Waals surface area contributed by atoms with Crippen molar-refractivity contribution in [3.05, 3.63) is 70.8 Å². The smallest absolute Gasteiger partial charge is 0.253 e. The van der Waals surface area contributed by atoms with Crippen molar-refractivity contribution in [1.82, 2.24) is 15.5 Å². The molecular formula is C22H31IN4O. The number of aryl methyl sites for hydroxylation is 1. The molecule has 0 aliphatic rings. The van der Waals surface area contributed by atoms with E-state index in [9.17, 15) is 4.79 Å². The van der Waals surface area contributed by atoms with Gasteiger partial charge in [-0.3, -0.25) is 9.79 Å². The average molecular weight is 494 g/mol. The van der Waals surface area contributed by atoms with Crippen LogP contribution in [0.1, 0.15) is 27.0 Å². The number of carbonyl (C=O) groups excluding carboxylic acids is 1. The summed E-state index contributed by atoms with van der Waals surface area (Å²) in [5.74, 6) is 0.821. The molecule has 0 saturated carbocycles. The second-order valence-corrected chi connectivity index (χ2v) is 6.81. The van der Waals surface area contributed by atoms with Gasteiger partial charge in [0.2, 0.25) is 0 Å². The summed E-state index contributed by atoms with van der Waals surface area (Å²) >= 11 is 0. The van der Waals surface area contributed by atoms with Gasteiger partial charge in [0.15, 0.2) is 5.96 Å². The van der Waals surface area contributed by atoms with Crippen molar-refractivity contribution >= 4 is 35.8 Å². The van der Waals surface area contributed by atoms with E-state index in [1.165, 1.54) is 11.1 Å². The van der Waals surface area contributed by atoms with E-state index in [0.29, 0.717) is 0 Å². The van der Waals surface area contributed by atoms with Crippen molar-refractivity contribution in [3.8, 4) is 0 Å². The molecule has 0 saturated heterocycles. The molecular weight excluding hydrogens is 463 g/mol. The molecule has 0 radical (unpaired) electrons.